The summed E-state index contributed by atoms with van der Waals surface area (Å²) in [6.07, 6.45) is -0.605. The second-order valence-electron chi connectivity index (χ2n) is 5.49. The van der Waals surface area contributed by atoms with E-state index in [1.54, 1.807) is 12.1 Å². The molecule has 0 aliphatic carbocycles. The molecule has 0 aliphatic heterocycles. The van der Waals surface area contributed by atoms with Crippen molar-refractivity contribution in [2.45, 2.75) is 19.1 Å². The lowest BCUT2D eigenvalue weighted by Crippen LogP contribution is -2.43. The van der Waals surface area contributed by atoms with Crippen LogP contribution in [0.5, 0.6) is 11.5 Å². The molecule has 26 heavy (non-hydrogen) atoms. The highest BCUT2D eigenvalue weighted by molar-refractivity contribution is 5.81. The largest absolute Gasteiger partial charge is 0.504 e. The number of hydrogen-bond donors (Lipinski definition) is 2. The minimum Gasteiger partial charge on any atom is -0.504 e. The number of amides is 1. The van der Waals surface area contributed by atoms with Crippen LogP contribution < -0.4 is 10.1 Å². The Bertz CT molecular complexity index is 747. The van der Waals surface area contributed by atoms with Gasteiger partial charge >= 0.3 is 12.1 Å². The van der Waals surface area contributed by atoms with Crippen LogP contribution in [0.15, 0.2) is 48.5 Å². The van der Waals surface area contributed by atoms with Crippen LogP contribution in [0.25, 0.3) is 0 Å². The molecular formula is C19H21NO6. The van der Waals surface area contributed by atoms with Gasteiger partial charge in [0.15, 0.2) is 11.5 Å². The standard InChI is InChI=1S/C19H21NO6/c1-24-17-9-8-14(11-16(17)21)10-15(18(22)25-2)20-19(23)26-12-13-6-4-3-5-7-13/h3-9,11,15,21H,10,12H2,1-2H3,(H,20,23)/t15-/m0/s1. The van der Waals surface area contributed by atoms with Gasteiger partial charge in [-0.1, -0.05) is 36.4 Å². The zero-order chi connectivity index (χ0) is 18.9. The van der Waals surface area contributed by atoms with E-state index in [2.05, 4.69) is 5.32 Å². The maximum atomic E-state index is 12.0. The first-order valence-electron chi connectivity index (χ1n) is 7.94. The van der Waals surface area contributed by atoms with Gasteiger partial charge in [-0.2, -0.15) is 0 Å². The number of rotatable bonds is 7. The van der Waals surface area contributed by atoms with Gasteiger partial charge < -0.3 is 24.6 Å². The second kappa shape index (κ2) is 9.31. The summed E-state index contributed by atoms with van der Waals surface area (Å²) in [5, 5.41) is 12.3. The van der Waals surface area contributed by atoms with Gasteiger partial charge in [-0.3, -0.25) is 0 Å². The molecule has 2 aromatic rings. The zero-order valence-corrected chi connectivity index (χ0v) is 14.6. The number of phenolic OH excluding ortho intramolecular Hbond substituents is 1. The van der Waals surface area contributed by atoms with Gasteiger partial charge in [0.2, 0.25) is 0 Å². The zero-order valence-electron chi connectivity index (χ0n) is 14.6. The number of carbonyl (C=O) groups excluding carboxylic acids is 2. The van der Waals surface area contributed by atoms with E-state index in [-0.39, 0.29) is 18.8 Å². The van der Waals surface area contributed by atoms with E-state index in [4.69, 9.17) is 14.2 Å². The quantitative estimate of drug-likeness (QED) is 0.738. The maximum absolute atomic E-state index is 12.0. The minimum absolute atomic E-state index is 0.0553. The van der Waals surface area contributed by atoms with E-state index < -0.39 is 18.1 Å². The second-order valence-corrected chi connectivity index (χ2v) is 5.49. The summed E-state index contributed by atoms with van der Waals surface area (Å²) < 4.78 is 14.8. The lowest BCUT2D eigenvalue weighted by Gasteiger charge is -2.17. The summed E-state index contributed by atoms with van der Waals surface area (Å²) in [5.41, 5.74) is 1.46. The van der Waals surface area contributed by atoms with E-state index in [1.165, 1.54) is 20.3 Å². The predicted octanol–water partition coefficient (Wildman–Crippen LogP) is 2.41. The number of aromatic hydroxyl groups is 1. The SMILES string of the molecule is COC(=O)[C@H](Cc1ccc(OC)c(O)c1)NC(=O)OCc1ccccc1. The average Bonchev–Trinajstić information content (AvgIpc) is 2.66. The third kappa shape index (κ3) is 5.41. The maximum Gasteiger partial charge on any atom is 0.408 e. The van der Waals surface area contributed by atoms with Gasteiger partial charge in [-0.15, -0.1) is 0 Å². The molecular weight excluding hydrogens is 338 g/mol. The molecule has 0 aromatic heterocycles. The normalized spacial score (nSPS) is 11.3. The van der Waals surface area contributed by atoms with Crippen LogP contribution in [0.4, 0.5) is 4.79 Å². The highest BCUT2D eigenvalue weighted by Gasteiger charge is 2.23. The van der Waals surface area contributed by atoms with Crippen molar-refractivity contribution in [3.63, 3.8) is 0 Å². The summed E-state index contributed by atoms with van der Waals surface area (Å²) in [6.45, 7) is 0.0872. The predicted molar refractivity (Wildman–Crippen MR) is 93.9 cm³/mol. The highest BCUT2D eigenvalue weighted by atomic mass is 16.6. The highest BCUT2D eigenvalue weighted by Crippen LogP contribution is 2.26. The molecule has 2 N–H and O–H groups in total. The van der Waals surface area contributed by atoms with Gasteiger partial charge in [0.25, 0.3) is 0 Å². The van der Waals surface area contributed by atoms with Gasteiger partial charge in [0, 0.05) is 6.42 Å². The Morgan fingerprint density at radius 3 is 2.42 bits per heavy atom. The van der Waals surface area contributed by atoms with Crippen molar-refractivity contribution in [3.05, 3.63) is 59.7 Å². The Kier molecular flexibility index (Phi) is 6.84. The van der Waals surface area contributed by atoms with E-state index >= 15 is 0 Å². The van der Waals surface area contributed by atoms with Gasteiger partial charge in [0.1, 0.15) is 12.6 Å². The fourth-order valence-corrected chi connectivity index (χ4v) is 2.34. The molecule has 0 fully saturated rings. The number of phenols is 1. The number of benzene rings is 2. The number of carbonyl (C=O) groups is 2. The molecule has 7 heteroatoms. The molecule has 7 nitrogen and oxygen atoms in total. The molecule has 0 spiro atoms. The van der Waals surface area contributed by atoms with Crippen LogP contribution >= 0.6 is 0 Å². The Morgan fingerprint density at radius 2 is 1.81 bits per heavy atom. The molecule has 2 rings (SSSR count). The molecule has 0 bridgehead atoms. The Morgan fingerprint density at radius 1 is 1.08 bits per heavy atom. The van der Waals surface area contributed by atoms with Gasteiger partial charge in [0.05, 0.1) is 14.2 Å². The smallest absolute Gasteiger partial charge is 0.408 e. The fraction of sp³-hybridized carbons (Fsp3) is 0.263. The number of nitrogens with one attached hydrogen (secondary N) is 1. The van der Waals surface area contributed by atoms with Crippen molar-refractivity contribution < 1.29 is 28.9 Å². The van der Waals surface area contributed by atoms with E-state index in [0.717, 1.165) is 5.56 Å². The Labute approximate surface area is 151 Å². The molecule has 2 aromatic carbocycles. The third-order valence-electron chi connectivity index (χ3n) is 3.67. The van der Waals surface area contributed by atoms with Crippen LogP contribution in [-0.4, -0.2) is 37.4 Å². The first-order valence-corrected chi connectivity index (χ1v) is 7.94. The van der Waals surface area contributed by atoms with E-state index in [1.807, 2.05) is 30.3 Å². The summed E-state index contributed by atoms with van der Waals surface area (Å²) in [7, 11) is 2.67. The van der Waals surface area contributed by atoms with E-state index in [9.17, 15) is 14.7 Å². The van der Waals surface area contributed by atoms with Gasteiger partial charge in [-0.25, -0.2) is 9.59 Å². The van der Waals surface area contributed by atoms with Crippen LogP contribution in [0, 0.1) is 0 Å². The molecule has 1 amide bonds. The summed E-state index contributed by atoms with van der Waals surface area (Å²) >= 11 is 0. The van der Waals surface area contributed by atoms with Crippen molar-refractivity contribution >= 4 is 12.1 Å². The van der Waals surface area contributed by atoms with Crippen molar-refractivity contribution in [1.29, 1.82) is 0 Å². The number of ether oxygens (including phenoxy) is 3. The number of methoxy groups -OCH3 is 2. The van der Waals surface area contributed by atoms with Crippen molar-refractivity contribution in [1.82, 2.24) is 5.32 Å². The first kappa shape index (κ1) is 19.1. The molecule has 1 atom stereocenters. The summed E-state index contributed by atoms with van der Waals surface area (Å²) in [4.78, 5) is 23.9. The molecule has 138 valence electrons. The average molecular weight is 359 g/mol. The molecule has 0 saturated heterocycles. The van der Waals surface area contributed by atoms with Crippen LogP contribution in [0.3, 0.4) is 0 Å². The fourth-order valence-electron chi connectivity index (χ4n) is 2.34. The summed E-state index contributed by atoms with van der Waals surface area (Å²) in [5.74, 6) is -0.351. The Balaban J connectivity index is 1.99. The third-order valence-corrected chi connectivity index (χ3v) is 3.67. The van der Waals surface area contributed by atoms with Gasteiger partial charge in [-0.05, 0) is 23.3 Å². The van der Waals surface area contributed by atoms with E-state index in [0.29, 0.717) is 11.3 Å². The number of alkyl carbamates (subject to hydrolysis) is 1. The molecule has 0 radical (unpaired) electrons. The van der Waals surface area contributed by atoms with Crippen LogP contribution in [-0.2, 0) is 27.3 Å². The Hall–Kier alpha value is -3.22. The molecule has 0 aliphatic rings. The number of hydrogen-bond acceptors (Lipinski definition) is 6. The number of esters is 1. The van der Waals surface area contributed by atoms with Crippen LogP contribution in [0.1, 0.15) is 11.1 Å². The lowest BCUT2D eigenvalue weighted by molar-refractivity contribution is -0.143. The molecule has 0 heterocycles. The first-order chi connectivity index (χ1) is 12.5. The monoisotopic (exact) mass is 359 g/mol. The van der Waals surface area contributed by atoms with Crippen molar-refractivity contribution in [2.75, 3.05) is 14.2 Å². The minimum atomic E-state index is -0.948. The van der Waals surface area contributed by atoms with Crippen molar-refractivity contribution in [2.24, 2.45) is 0 Å². The van der Waals surface area contributed by atoms with Crippen molar-refractivity contribution in [3.8, 4) is 11.5 Å². The molecule has 0 unspecified atom stereocenters. The topological polar surface area (TPSA) is 94.1 Å². The van der Waals surface area contributed by atoms with Crippen LogP contribution in [0.2, 0.25) is 0 Å². The lowest BCUT2D eigenvalue weighted by atomic mass is 10.1. The summed E-state index contributed by atoms with van der Waals surface area (Å²) in [6, 6.07) is 13.0. The molecule has 0 saturated carbocycles.